The SMILES string of the molecule is CC(=O)[C@H](C)OC(=O)c1ccc(S(=O)(=O)N(C)c2ccccc2)cc1. The predicted octanol–water partition coefficient (Wildman–Crippen LogP) is 2.65. The van der Waals surface area contributed by atoms with Crippen LogP contribution in [-0.4, -0.2) is 33.3 Å². The van der Waals surface area contributed by atoms with Gasteiger partial charge in [-0.2, -0.15) is 0 Å². The standard InChI is InChI=1S/C18H19NO5S/c1-13(20)14(2)24-18(21)15-9-11-17(12-10-15)25(22,23)19(3)16-7-5-4-6-8-16/h4-12,14H,1-3H3/t14-/m0/s1. The Morgan fingerprint density at radius 1 is 1.00 bits per heavy atom. The van der Waals surface area contributed by atoms with E-state index in [-0.39, 0.29) is 16.2 Å². The molecule has 0 aliphatic carbocycles. The maximum absolute atomic E-state index is 12.6. The van der Waals surface area contributed by atoms with Gasteiger partial charge >= 0.3 is 5.97 Å². The quantitative estimate of drug-likeness (QED) is 0.739. The van der Waals surface area contributed by atoms with Crippen LogP contribution >= 0.6 is 0 Å². The highest BCUT2D eigenvalue weighted by Crippen LogP contribution is 2.22. The van der Waals surface area contributed by atoms with Crippen LogP contribution in [0.15, 0.2) is 59.5 Å². The Hall–Kier alpha value is -2.67. The number of para-hydroxylation sites is 1. The number of nitrogens with zero attached hydrogens (tertiary/aromatic N) is 1. The molecule has 0 saturated carbocycles. The van der Waals surface area contributed by atoms with Gasteiger partial charge in [-0.25, -0.2) is 13.2 Å². The Morgan fingerprint density at radius 2 is 1.56 bits per heavy atom. The van der Waals surface area contributed by atoms with Crippen LogP contribution in [0.25, 0.3) is 0 Å². The zero-order chi connectivity index (χ0) is 18.6. The number of ether oxygens (including phenoxy) is 1. The molecule has 6 nitrogen and oxygen atoms in total. The number of rotatable bonds is 6. The molecule has 0 radical (unpaired) electrons. The first-order valence-corrected chi connectivity index (χ1v) is 9.03. The fourth-order valence-electron chi connectivity index (χ4n) is 2.01. The number of hydrogen-bond donors (Lipinski definition) is 0. The molecule has 0 fully saturated rings. The van der Waals surface area contributed by atoms with Crippen LogP contribution in [0.1, 0.15) is 24.2 Å². The van der Waals surface area contributed by atoms with Crippen molar-refractivity contribution in [2.45, 2.75) is 24.8 Å². The summed E-state index contributed by atoms with van der Waals surface area (Å²) < 4.78 is 31.4. The molecule has 0 amide bonds. The van der Waals surface area contributed by atoms with E-state index in [4.69, 9.17) is 4.74 Å². The summed E-state index contributed by atoms with van der Waals surface area (Å²) in [5.41, 5.74) is 0.704. The van der Waals surface area contributed by atoms with Crippen LogP contribution in [0.3, 0.4) is 0 Å². The van der Waals surface area contributed by atoms with Crippen LogP contribution in [0.4, 0.5) is 5.69 Å². The summed E-state index contributed by atoms with van der Waals surface area (Å²) in [7, 11) is -2.28. The minimum atomic E-state index is -3.74. The largest absolute Gasteiger partial charge is 0.451 e. The van der Waals surface area contributed by atoms with E-state index in [1.54, 1.807) is 30.3 Å². The molecule has 2 rings (SSSR count). The zero-order valence-electron chi connectivity index (χ0n) is 14.2. The first kappa shape index (κ1) is 18.7. The monoisotopic (exact) mass is 361 g/mol. The molecule has 7 heteroatoms. The number of hydrogen-bond acceptors (Lipinski definition) is 5. The Balaban J connectivity index is 2.21. The van der Waals surface area contributed by atoms with E-state index in [0.717, 1.165) is 4.31 Å². The van der Waals surface area contributed by atoms with Gasteiger partial charge in [0, 0.05) is 7.05 Å². The fraction of sp³-hybridized carbons (Fsp3) is 0.222. The Bertz CT molecular complexity index is 860. The van der Waals surface area contributed by atoms with E-state index < -0.39 is 22.1 Å². The minimum absolute atomic E-state index is 0.0509. The normalized spacial score (nSPS) is 12.3. The van der Waals surface area contributed by atoms with Crippen molar-refractivity contribution >= 4 is 27.5 Å². The minimum Gasteiger partial charge on any atom is -0.451 e. The van der Waals surface area contributed by atoms with Gasteiger partial charge in [0.15, 0.2) is 11.9 Å². The summed E-state index contributed by atoms with van der Waals surface area (Å²) >= 11 is 0. The average molecular weight is 361 g/mol. The van der Waals surface area contributed by atoms with E-state index in [2.05, 4.69) is 0 Å². The van der Waals surface area contributed by atoms with Gasteiger partial charge in [-0.05, 0) is 50.2 Å². The van der Waals surface area contributed by atoms with Crippen molar-refractivity contribution < 1.29 is 22.7 Å². The molecule has 0 N–H and O–H groups in total. The highest BCUT2D eigenvalue weighted by Gasteiger charge is 2.22. The lowest BCUT2D eigenvalue weighted by atomic mass is 10.2. The topological polar surface area (TPSA) is 80.8 Å². The summed E-state index contributed by atoms with van der Waals surface area (Å²) in [4.78, 5) is 23.1. The van der Waals surface area contributed by atoms with Gasteiger partial charge in [-0.3, -0.25) is 9.10 Å². The molecule has 0 spiro atoms. The predicted molar refractivity (Wildman–Crippen MR) is 94.0 cm³/mol. The number of Topliss-reactive ketones (excluding diaryl/α,β-unsaturated/α-hetero) is 1. The molecule has 0 heterocycles. The van der Waals surface area contributed by atoms with Crippen molar-refractivity contribution in [1.29, 1.82) is 0 Å². The van der Waals surface area contributed by atoms with Gasteiger partial charge < -0.3 is 4.74 Å². The lowest BCUT2D eigenvalue weighted by Crippen LogP contribution is -2.26. The first-order chi connectivity index (χ1) is 11.7. The molecule has 0 aromatic heterocycles. The van der Waals surface area contributed by atoms with Crippen LogP contribution in [0.2, 0.25) is 0 Å². The molecular weight excluding hydrogens is 342 g/mol. The van der Waals surface area contributed by atoms with Crippen LogP contribution in [0.5, 0.6) is 0 Å². The average Bonchev–Trinajstić information content (AvgIpc) is 2.61. The molecule has 0 bridgehead atoms. The first-order valence-electron chi connectivity index (χ1n) is 7.59. The van der Waals surface area contributed by atoms with Crippen LogP contribution < -0.4 is 4.31 Å². The number of ketones is 1. The lowest BCUT2D eigenvalue weighted by molar-refractivity contribution is -0.124. The summed E-state index contributed by atoms with van der Waals surface area (Å²) in [6, 6.07) is 14.1. The third kappa shape index (κ3) is 4.24. The third-order valence-corrected chi connectivity index (χ3v) is 5.52. The van der Waals surface area contributed by atoms with Crippen molar-refractivity contribution in [2.24, 2.45) is 0 Å². The zero-order valence-corrected chi connectivity index (χ0v) is 15.0. The van der Waals surface area contributed by atoms with Gasteiger partial charge in [0.25, 0.3) is 10.0 Å². The molecule has 2 aromatic carbocycles. The highest BCUT2D eigenvalue weighted by atomic mass is 32.2. The molecule has 0 saturated heterocycles. The van der Waals surface area contributed by atoms with Crippen LogP contribution in [-0.2, 0) is 19.6 Å². The highest BCUT2D eigenvalue weighted by molar-refractivity contribution is 7.92. The van der Waals surface area contributed by atoms with E-state index in [1.807, 2.05) is 0 Å². The number of carbonyl (C=O) groups excluding carboxylic acids is 2. The smallest absolute Gasteiger partial charge is 0.338 e. The molecular formula is C18H19NO5S. The Kier molecular flexibility index (Phi) is 5.58. The summed E-state index contributed by atoms with van der Waals surface area (Å²) in [5, 5.41) is 0. The van der Waals surface area contributed by atoms with Gasteiger partial charge in [0.2, 0.25) is 0 Å². The molecule has 0 unspecified atom stereocenters. The number of sulfonamides is 1. The van der Waals surface area contributed by atoms with Gasteiger partial charge in [0.1, 0.15) is 0 Å². The van der Waals surface area contributed by atoms with Gasteiger partial charge in [-0.15, -0.1) is 0 Å². The van der Waals surface area contributed by atoms with Crippen molar-refractivity contribution in [1.82, 2.24) is 0 Å². The van der Waals surface area contributed by atoms with Gasteiger partial charge in [-0.1, -0.05) is 18.2 Å². The summed E-state index contributed by atoms with van der Waals surface area (Å²) in [6.07, 6.45) is -0.847. The van der Waals surface area contributed by atoms with E-state index in [9.17, 15) is 18.0 Å². The molecule has 0 aliphatic rings. The second-order valence-corrected chi connectivity index (χ2v) is 7.46. The van der Waals surface area contributed by atoms with Crippen molar-refractivity contribution in [3.05, 3.63) is 60.2 Å². The Labute approximate surface area is 147 Å². The van der Waals surface area contributed by atoms with Crippen molar-refractivity contribution in [3.8, 4) is 0 Å². The molecule has 0 aliphatic heterocycles. The fourth-order valence-corrected chi connectivity index (χ4v) is 3.20. The molecule has 132 valence electrons. The molecule has 2 aromatic rings. The summed E-state index contributed by atoms with van der Waals surface area (Å²) in [5.74, 6) is -0.944. The second-order valence-electron chi connectivity index (χ2n) is 5.49. The maximum Gasteiger partial charge on any atom is 0.338 e. The number of anilines is 1. The number of benzene rings is 2. The summed E-state index contributed by atoms with van der Waals surface area (Å²) in [6.45, 7) is 2.81. The van der Waals surface area contributed by atoms with E-state index in [1.165, 1.54) is 45.2 Å². The van der Waals surface area contributed by atoms with E-state index >= 15 is 0 Å². The third-order valence-electron chi connectivity index (χ3n) is 3.72. The van der Waals surface area contributed by atoms with Crippen molar-refractivity contribution in [2.75, 3.05) is 11.4 Å². The molecule has 1 atom stereocenters. The second kappa shape index (κ2) is 7.48. The number of esters is 1. The van der Waals surface area contributed by atoms with Gasteiger partial charge in [0.05, 0.1) is 16.1 Å². The maximum atomic E-state index is 12.6. The number of carbonyl (C=O) groups is 2. The van der Waals surface area contributed by atoms with Crippen molar-refractivity contribution in [3.63, 3.8) is 0 Å². The lowest BCUT2D eigenvalue weighted by Gasteiger charge is -2.19. The molecule has 25 heavy (non-hydrogen) atoms. The van der Waals surface area contributed by atoms with Crippen LogP contribution in [0, 0.1) is 0 Å². The Morgan fingerprint density at radius 3 is 2.08 bits per heavy atom. The van der Waals surface area contributed by atoms with E-state index in [0.29, 0.717) is 5.69 Å².